The van der Waals surface area contributed by atoms with E-state index >= 15 is 0 Å². The van der Waals surface area contributed by atoms with Crippen molar-refractivity contribution in [3.63, 3.8) is 0 Å². The summed E-state index contributed by atoms with van der Waals surface area (Å²) in [7, 11) is 0. The summed E-state index contributed by atoms with van der Waals surface area (Å²) in [5.41, 5.74) is 1.63. The maximum Gasteiger partial charge on any atom is 0.411 e. The second-order valence-corrected chi connectivity index (χ2v) is 8.02. The number of rotatable bonds is 5. The number of nitrogens with zero attached hydrogens (tertiary/aromatic N) is 1. The number of carbonyl (C=O) groups excluding carboxylic acids is 2. The number of carbonyl (C=O) groups is 2. The van der Waals surface area contributed by atoms with Gasteiger partial charge in [-0.15, -0.1) is 0 Å². The van der Waals surface area contributed by atoms with Crippen molar-refractivity contribution in [2.24, 2.45) is 0 Å². The number of anilines is 1. The van der Waals surface area contributed by atoms with E-state index < -0.39 is 11.7 Å². The third-order valence-corrected chi connectivity index (χ3v) is 5.28. The van der Waals surface area contributed by atoms with Crippen molar-refractivity contribution in [1.82, 2.24) is 4.90 Å². The molecule has 154 valence electrons. The van der Waals surface area contributed by atoms with Crippen LogP contribution in [0.15, 0.2) is 48.5 Å². The normalized spacial score (nSPS) is 15.6. The number of likely N-dealkylation sites (tertiary alicyclic amines) is 1. The topological polar surface area (TPSA) is 78.9 Å². The van der Waals surface area contributed by atoms with Crippen LogP contribution in [0.5, 0.6) is 0 Å². The summed E-state index contributed by atoms with van der Waals surface area (Å²) >= 11 is 5.83. The van der Waals surface area contributed by atoms with Crippen LogP contribution in [0, 0.1) is 0 Å². The van der Waals surface area contributed by atoms with Gasteiger partial charge < -0.3 is 14.7 Å². The Morgan fingerprint density at radius 1 is 1.07 bits per heavy atom. The van der Waals surface area contributed by atoms with Gasteiger partial charge in [-0.3, -0.25) is 10.1 Å². The molecule has 6 nitrogen and oxygen atoms in total. The maximum atomic E-state index is 12.4. The van der Waals surface area contributed by atoms with Gasteiger partial charge in [0.15, 0.2) is 0 Å². The summed E-state index contributed by atoms with van der Waals surface area (Å²) in [6.45, 7) is 3.11. The molecule has 0 spiro atoms. The summed E-state index contributed by atoms with van der Waals surface area (Å²) in [4.78, 5) is 26.2. The molecule has 0 aromatic heterocycles. The first-order chi connectivity index (χ1) is 13.8. The van der Waals surface area contributed by atoms with E-state index in [4.69, 9.17) is 16.3 Å². The lowest BCUT2D eigenvalue weighted by Crippen LogP contribution is -2.45. The molecule has 0 unspecified atom stereocenters. The van der Waals surface area contributed by atoms with Crippen molar-refractivity contribution in [3.05, 3.63) is 64.7 Å². The van der Waals surface area contributed by atoms with E-state index in [2.05, 4.69) is 5.32 Å². The highest BCUT2D eigenvalue weighted by atomic mass is 35.5. The van der Waals surface area contributed by atoms with Gasteiger partial charge in [0, 0.05) is 23.8 Å². The Balaban J connectivity index is 1.45. The van der Waals surface area contributed by atoms with Gasteiger partial charge in [-0.1, -0.05) is 35.9 Å². The van der Waals surface area contributed by atoms with Crippen LogP contribution in [0.25, 0.3) is 0 Å². The molecule has 0 atom stereocenters. The van der Waals surface area contributed by atoms with Gasteiger partial charge >= 0.3 is 6.09 Å². The number of ether oxygens (including phenoxy) is 1. The zero-order valence-corrected chi connectivity index (χ0v) is 17.1. The fraction of sp³-hybridized carbons (Fsp3) is 0.364. The molecule has 1 aliphatic heterocycles. The molecule has 2 aromatic rings. The van der Waals surface area contributed by atoms with Gasteiger partial charge in [-0.05, 0) is 55.2 Å². The predicted molar refractivity (Wildman–Crippen MR) is 112 cm³/mol. The second kappa shape index (κ2) is 9.29. The molecule has 2 N–H and O–H groups in total. The molecule has 0 aliphatic carbocycles. The Morgan fingerprint density at radius 2 is 1.66 bits per heavy atom. The van der Waals surface area contributed by atoms with Crippen LogP contribution in [-0.2, 0) is 22.6 Å². The monoisotopic (exact) mass is 416 g/mol. The fourth-order valence-corrected chi connectivity index (χ4v) is 3.24. The van der Waals surface area contributed by atoms with Crippen molar-refractivity contribution in [1.29, 1.82) is 0 Å². The summed E-state index contributed by atoms with van der Waals surface area (Å²) in [5, 5.41) is 13.3. The first-order valence-electron chi connectivity index (χ1n) is 9.58. The second-order valence-electron chi connectivity index (χ2n) is 7.58. The van der Waals surface area contributed by atoms with E-state index in [1.54, 1.807) is 48.2 Å². The molecule has 3 rings (SSSR count). The highest BCUT2D eigenvalue weighted by Gasteiger charge is 2.29. The van der Waals surface area contributed by atoms with Crippen LogP contribution in [0.1, 0.15) is 30.9 Å². The summed E-state index contributed by atoms with van der Waals surface area (Å²) in [5.74, 6) is 0.0450. The Hall–Kier alpha value is -2.57. The molecule has 0 saturated carbocycles. The van der Waals surface area contributed by atoms with E-state index in [0.29, 0.717) is 43.1 Å². The minimum atomic E-state index is -0.674. The van der Waals surface area contributed by atoms with E-state index in [1.807, 2.05) is 12.1 Å². The highest BCUT2D eigenvalue weighted by Crippen LogP contribution is 2.22. The molecule has 7 heteroatoms. The zero-order valence-electron chi connectivity index (χ0n) is 16.4. The lowest BCUT2D eigenvalue weighted by atomic mass is 9.93. The van der Waals surface area contributed by atoms with E-state index in [1.165, 1.54) is 0 Å². The lowest BCUT2D eigenvalue weighted by Gasteiger charge is -2.35. The average molecular weight is 417 g/mol. The van der Waals surface area contributed by atoms with Crippen LogP contribution in [0.2, 0.25) is 5.02 Å². The summed E-state index contributed by atoms with van der Waals surface area (Å²) in [6.07, 6.45) is 0.937. The van der Waals surface area contributed by atoms with Crippen molar-refractivity contribution >= 4 is 29.3 Å². The smallest absolute Gasteiger partial charge is 0.411 e. The van der Waals surface area contributed by atoms with Crippen molar-refractivity contribution in [3.8, 4) is 0 Å². The predicted octanol–water partition coefficient (Wildman–Crippen LogP) is 4.00. The fourth-order valence-electron chi connectivity index (χ4n) is 3.11. The number of piperidine rings is 1. The molecule has 1 heterocycles. The third kappa shape index (κ3) is 6.48. The largest absolute Gasteiger partial charge is 0.444 e. The molecular weight excluding hydrogens is 392 g/mol. The maximum absolute atomic E-state index is 12.4. The van der Waals surface area contributed by atoms with Crippen molar-refractivity contribution in [2.75, 3.05) is 18.4 Å². The molecule has 2 aromatic carbocycles. The Kier molecular flexibility index (Phi) is 6.77. The summed E-state index contributed by atoms with van der Waals surface area (Å²) in [6, 6.07) is 14.2. The SMILES string of the molecule is CC1(O)CCN(C(=O)Cc2ccc(NC(=O)OCc3ccc(Cl)cc3)cc2)CC1. The van der Waals surface area contributed by atoms with Gasteiger partial charge in [0.2, 0.25) is 5.91 Å². The number of nitrogens with one attached hydrogen (secondary N) is 1. The molecule has 1 fully saturated rings. The van der Waals surface area contributed by atoms with Crippen LogP contribution in [0.3, 0.4) is 0 Å². The number of benzene rings is 2. The van der Waals surface area contributed by atoms with Crippen LogP contribution < -0.4 is 5.32 Å². The molecule has 0 bridgehead atoms. The Labute approximate surface area is 175 Å². The van der Waals surface area contributed by atoms with Crippen LogP contribution in [-0.4, -0.2) is 40.7 Å². The first-order valence-corrected chi connectivity index (χ1v) is 9.96. The van der Waals surface area contributed by atoms with Gasteiger partial charge in [0.05, 0.1) is 12.0 Å². The molecular formula is C22H25ClN2O4. The number of aliphatic hydroxyl groups is 1. The first kappa shape index (κ1) is 21.1. The minimum Gasteiger partial charge on any atom is -0.444 e. The van der Waals surface area contributed by atoms with Crippen LogP contribution in [0.4, 0.5) is 10.5 Å². The van der Waals surface area contributed by atoms with E-state index in [0.717, 1.165) is 11.1 Å². The molecule has 2 amide bonds. The number of hydrogen-bond acceptors (Lipinski definition) is 4. The average Bonchev–Trinajstić information content (AvgIpc) is 2.69. The van der Waals surface area contributed by atoms with Gasteiger partial charge in [-0.2, -0.15) is 0 Å². The number of amides is 2. The number of hydrogen-bond donors (Lipinski definition) is 2. The van der Waals surface area contributed by atoms with E-state index in [-0.39, 0.29) is 12.5 Å². The van der Waals surface area contributed by atoms with Crippen LogP contribution >= 0.6 is 11.6 Å². The van der Waals surface area contributed by atoms with Crippen molar-refractivity contribution < 1.29 is 19.4 Å². The van der Waals surface area contributed by atoms with Crippen molar-refractivity contribution in [2.45, 2.75) is 38.4 Å². The highest BCUT2D eigenvalue weighted by molar-refractivity contribution is 6.30. The van der Waals surface area contributed by atoms with E-state index in [9.17, 15) is 14.7 Å². The standard InChI is InChI=1S/C22H25ClN2O4/c1-22(28)10-12-25(13-11-22)20(26)14-16-4-8-19(9-5-16)24-21(27)29-15-17-2-6-18(23)7-3-17/h2-9,28H,10-15H2,1H3,(H,24,27). The molecule has 1 aliphatic rings. The van der Waals surface area contributed by atoms with Gasteiger partial charge in [-0.25, -0.2) is 4.79 Å². The Morgan fingerprint density at radius 3 is 2.28 bits per heavy atom. The quantitative estimate of drug-likeness (QED) is 0.772. The van der Waals surface area contributed by atoms with Gasteiger partial charge in [0.25, 0.3) is 0 Å². The lowest BCUT2D eigenvalue weighted by molar-refractivity contribution is -0.134. The third-order valence-electron chi connectivity index (χ3n) is 5.03. The minimum absolute atomic E-state index is 0.0450. The summed E-state index contributed by atoms with van der Waals surface area (Å²) < 4.78 is 5.19. The molecule has 0 radical (unpaired) electrons. The Bertz CT molecular complexity index is 840. The number of halogens is 1. The molecule has 29 heavy (non-hydrogen) atoms. The zero-order chi connectivity index (χ0) is 20.9. The van der Waals surface area contributed by atoms with Gasteiger partial charge in [0.1, 0.15) is 6.61 Å². The molecule has 1 saturated heterocycles.